The minimum absolute atomic E-state index is 0.125. The largest absolute Gasteiger partial charge is 0.508 e. The van der Waals surface area contributed by atoms with Crippen LogP contribution < -0.4 is 11.1 Å². The van der Waals surface area contributed by atoms with Crippen molar-refractivity contribution >= 4 is 17.8 Å². The van der Waals surface area contributed by atoms with Crippen LogP contribution in [0.5, 0.6) is 5.75 Å². The first-order valence-electron chi connectivity index (χ1n) is 8.16. The number of phenols is 1. The molecule has 0 aromatic heterocycles. The molecule has 2 amide bonds. The van der Waals surface area contributed by atoms with Gasteiger partial charge in [0.05, 0.1) is 6.04 Å². The second kappa shape index (κ2) is 7.98. The molecule has 0 aliphatic carbocycles. The van der Waals surface area contributed by atoms with Gasteiger partial charge in [0.15, 0.2) is 0 Å². The van der Waals surface area contributed by atoms with Crippen LogP contribution in [0.25, 0.3) is 0 Å². The Balaban J connectivity index is 1.91. The Kier molecular flexibility index (Phi) is 5.97. The van der Waals surface area contributed by atoms with E-state index >= 15 is 0 Å². The first kappa shape index (κ1) is 18.7. The third kappa shape index (κ3) is 4.69. The topological polar surface area (TPSA) is 133 Å². The summed E-state index contributed by atoms with van der Waals surface area (Å²) in [4.78, 5) is 37.0. The van der Waals surface area contributed by atoms with E-state index in [1.165, 1.54) is 24.0 Å². The van der Waals surface area contributed by atoms with Crippen molar-refractivity contribution in [2.45, 2.75) is 44.3 Å². The van der Waals surface area contributed by atoms with E-state index in [1.807, 2.05) is 0 Å². The van der Waals surface area contributed by atoms with Gasteiger partial charge in [-0.1, -0.05) is 12.1 Å². The summed E-state index contributed by atoms with van der Waals surface area (Å²) in [5.41, 5.74) is 6.65. The second-order valence-corrected chi connectivity index (χ2v) is 6.24. The van der Waals surface area contributed by atoms with Gasteiger partial charge in [0.25, 0.3) is 0 Å². The number of rotatable bonds is 6. The van der Waals surface area contributed by atoms with Crippen molar-refractivity contribution in [3.8, 4) is 5.75 Å². The Morgan fingerprint density at radius 1 is 1.32 bits per heavy atom. The fourth-order valence-electron chi connectivity index (χ4n) is 2.90. The zero-order valence-corrected chi connectivity index (χ0v) is 14.0. The van der Waals surface area contributed by atoms with E-state index in [1.54, 1.807) is 12.1 Å². The summed E-state index contributed by atoms with van der Waals surface area (Å²) in [6.07, 6.45) is 1.31. The molecule has 1 aliphatic rings. The molecular weight excluding hydrogens is 326 g/mol. The van der Waals surface area contributed by atoms with Crippen molar-refractivity contribution in [1.82, 2.24) is 10.2 Å². The van der Waals surface area contributed by atoms with Gasteiger partial charge in [-0.3, -0.25) is 9.59 Å². The van der Waals surface area contributed by atoms with Crippen molar-refractivity contribution in [3.05, 3.63) is 29.8 Å². The molecular formula is C17H23N3O5. The molecule has 1 saturated heterocycles. The Morgan fingerprint density at radius 2 is 1.96 bits per heavy atom. The number of nitrogens with zero attached hydrogens (tertiary/aromatic N) is 1. The first-order valence-corrected chi connectivity index (χ1v) is 8.16. The highest BCUT2D eigenvalue weighted by atomic mass is 16.4. The van der Waals surface area contributed by atoms with Crippen LogP contribution in [-0.4, -0.2) is 57.6 Å². The van der Waals surface area contributed by atoms with Gasteiger partial charge in [-0.25, -0.2) is 4.79 Å². The Labute approximate surface area is 145 Å². The number of carbonyl (C=O) groups is 3. The summed E-state index contributed by atoms with van der Waals surface area (Å²) in [5, 5.41) is 20.9. The number of amides is 2. The number of carboxylic acids is 1. The number of phenolic OH excluding ortho intramolecular Hbond substituents is 1. The minimum Gasteiger partial charge on any atom is -0.508 e. The third-order valence-corrected chi connectivity index (χ3v) is 4.28. The quantitative estimate of drug-likeness (QED) is 0.564. The number of carboxylic acid groups (broad SMARTS) is 1. The molecule has 3 unspecified atom stereocenters. The lowest BCUT2D eigenvalue weighted by Gasteiger charge is -2.26. The highest BCUT2D eigenvalue weighted by Crippen LogP contribution is 2.18. The van der Waals surface area contributed by atoms with Gasteiger partial charge >= 0.3 is 5.97 Å². The molecule has 1 aliphatic heterocycles. The van der Waals surface area contributed by atoms with Crippen LogP contribution in [0.4, 0.5) is 0 Å². The molecule has 1 aromatic rings. The molecule has 2 rings (SSSR count). The van der Waals surface area contributed by atoms with Gasteiger partial charge in [-0.05, 0) is 43.9 Å². The average Bonchev–Trinajstić information content (AvgIpc) is 3.05. The Hall–Kier alpha value is -2.61. The summed E-state index contributed by atoms with van der Waals surface area (Å²) >= 11 is 0. The van der Waals surface area contributed by atoms with Crippen molar-refractivity contribution in [2.75, 3.05) is 6.54 Å². The molecule has 136 valence electrons. The monoisotopic (exact) mass is 349 g/mol. The Morgan fingerprint density at radius 3 is 2.56 bits per heavy atom. The average molecular weight is 349 g/mol. The molecule has 0 saturated carbocycles. The van der Waals surface area contributed by atoms with E-state index in [-0.39, 0.29) is 12.2 Å². The minimum atomic E-state index is -1.03. The summed E-state index contributed by atoms with van der Waals surface area (Å²) in [5.74, 6) is -1.82. The number of aliphatic carboxylic acids is 1. The first-order chi connectivity index (χ1) is 11.8. The van der Waals surface area contributed by atoms with E-state index in [0.29, 0.717) is 19.4 Å². The summed E-state index contributed by atoms with van der Waals surface area (Å²) in [6.45, 7) is 1.89. The van der Waals surface area contributed by atoms with E-state index in [0.717, 1.165) is 5.56 Å². The maximum Gasteiger partial charge on any atom is 0.326 e. The van der Waals surface area contributed by atoms with Crippen molar-refractivity contribution < 1.29 is 24.6 Å². The highest BCUT2D eigenvalue weighted by Gasteiger charge is 2.36. The Bertz CT molecular complexity index is 646. The fourth-order valence-corrected chi connectivity index (χ4v) is 2.90. The standard InChI is InChI=1S/C17H23N3O5/c1-10(16(23)20-8-2-3-14(20)17(24)25)19-15(22)13(18)9-11-4-6-12(21)7-5-11/h4-7,10,13-14,21H,2-3,8-9,18H2,1H3,(H,19,22)(H,24,25). The fraction of sp³-hybridized carbons (Fsp3) is 0.471. The number of nitrogens with two attached hydrogens (primary N) is 1. The van der Waals surface area contributed by atoms with Crippen LogP contribution in [0.15, 0.2) is 24.3 Å². The SMILES string of the molecule is CC(NC(=O)C(N)Cc1ccc(O)cc1)C(=O)N1CCCC1C(=O)O. The van der Waals surface area contributed by atoms with E-state index in [9.17, 15) is 19.5 Å². The van der Waals surface area contributed by atoms with Gasteiger partial charge in [-0.15, -0.1) is 0 Å². The lowest BCUT2D eigenvalue weighted by molar-refractivity contribution is -0.149. The number of benzene rings is 1. The zero-order chi connectivity index (χ0) is 18.6. The predicted octanol–water partition coefficient (Wildman–Crippen LogP) is -0.158. The van der Waals surface area contributed by atoms with Crippen LogP contribution in [0.3, 0.4) is 0 Å². The lowest BCUT2D eigenvalue weighted by atomic mass is 10.1. The molecule has 25 heavy (non-hydrogen) atoms. The van der Waals surface area contributed by atoms with Gasteiger partial charge in [0.1, 0.15) is 17.8 Å². The molecule has 5 N–H and O–H groups in total. The van der Waals surface area contributed by atoms with E-state index in [2.05, 4.69) is 5.32 Å². The summed E-state index contributed by atoms with van der Waals surface area (Å²) in [7, 11) is 0. The van der Waals surface area contributed by atoms with Crippen LogP contribution in [0, 0.1) is 0 Å². The van der Waals surface area contributed by atoms with Gasteiger partial charge in [0, 0.05) is 6.54 Å². The maximum absolute atomic E-state index is 12.4. The second-order valence-electron chi connectivity index (χ2n) is 6.24. The normalized spacial score (nSPS) is 19.3. The highest BCUT2D eigenvalue weighted by molar-refractivity contribution is 5.91. The van der Waals surface area contributed by atoms with Gasteiger partial charge in [0.2, 0.25) is 11.8 Å². The number of aromatic hydroxyl groups is 1. The van der Waals surface area contributed by atoms with Crippen LogP contribution in [0.1, 0.15) is 25.3 Å². The molecule has 8 nitrogen and oxygen atoms in total. The predicted molar refractivity (Wildman–Crippen MR) is 89.8 cm³/mol. The lowest BCUT2D eigenvalue weighted by Crippen LogP contribution is -2.53. The van der Waals surface area contributed by atoms with Crippen LogP contribution in [0.2, 0.25) is 0 Å². The molecule has 1 heterocycles. The van der Waals surface area contributed by atoms with Gasteiger partial charge in [-0.2, -0.15) is 0 Å². The molecule has 0 radical (unpaired) electrons. The summed E-state index contributed by atoms with van der Waals surface area (Å²) in [6, 6.07) is 3.80. The molecule has 0 spiro atoms. The third-order valence-electron chi connectivity index (χ3n) is 4.28. The molecule has 0 bridgehead atoms. The zero-order valence-electron chi connectivity index (χ0n) is 14.0. The number of likely N-dealkylation sites (tertiary alicyclic amines) is 1. The molecule has 1 fully saturated rings. The van der Waals surface area contributed by atoms with Crippen LogP contribution >= 0.6 is 0 Å². The molecule has 1 aromatic carbocycles. The number of hydrogen-bond donors (Lipinski definition) is 4. The van der Waals surface area contributed by atoms with Crippen LogP contribution in [-0.2, 0) is 20.8 Å². The molecule has 8 heteroatoms. The van der Waals surface area contributed by atoms with Gasteiger partial charge < -0.3 is 26.2 Å². The maximum atomic E-state index is 12.4. The van der Waals surface area contributed by atoms with E-state index < -0.39 is 35.9 Å². The van der Waals surface area contributed by atoms with Crippen molar-refractivity contribution in [2.24, 2.45) is 5.73 Å². The number of hydrogen-bond acceptors (Lipinski definition) is 5. The number of nitrogens with one attached hydrogen (secondary N) is 1. The van der Waals surface area contributed by atoms with E-state index in [4.69, 9.17) is 10.8 Å². The smallest absolute Gasteiger partial charge is 0.326 e. The van der Waals surface area contributed by atoms with Crippen molar-refractivity contribution in [1.29, 1.82) is 0 Å². The summed E-state index contributed by atoms with van der Waals surface area (Å²) < 4.78 is 0. The molecule has 3 atom stereocenters. The number of carbonyl (C=O) groups excluding carboxylic acids is 2. The van der Waals surface area contributed by atoms with Crippen molar-refractivity contribution in [3.63, 3.8) is 0 Å².